The Morgan fingerprint density at radius 3 is 2.94 bits per heavy atom. The van der Waals surface area contributed by atoms with Crippen LogP contribution in [0.2, 0.25) is 0 Å². The molecule has 0 saturated heterocycles. The molecule has 102 valence electrons. The van der Waals surface area contributed by atoms with Crippen LogP contribution in [0.3, 0.4) is 0 Å². The molecule has 2 rings (SSSR count). The summed E-state index contributed by atoms with van der Waals surface area (Å²) in [7, 11) is 1.74. The molecule has 0 amide bonds. The van der Waals surface area contributed by atoms with E-state index in [1.54, 1.807) is 18.4 Å². The molecule has 0 aromatic carbocycles. The van der Waals surface area contributed by atoms with Gasteiger partial charge in [0.25, 0.3) is 0 Å². The molecule has 1 heterocycles. The van der Waals surface area contributed by atoms with Gasteiger partial charge in [-0.2, -0.15) is 0 Å². The van der Waals surface area contributed by atoms with Crippen LogP contribution in [0, 0.1) is 0 Å². The molecule has 5 heteroatoms. The van der Waals surface area contributed by atoms with Gasteiger partial charge in [0.2, 0.25) is 0 Å². The zero-order valence-electron chi connectivity index (χ0n) is 11.5. The monoisotopic (exact) mass is 269 g/mol. The van der Waals surface area contributed by atoms with Crippen LogP contribution < -0.4 is 10.6 Å². The van der Waals surface area contributed by atoms with Crippen molar-refractivity contribution in [2.75, 3.05) is 25.2 Å². The maximum atomic E-state index is 6.16. The van der Waals surface area contributed by atoms with Crippen molar-refractivity contribution in [3.8, 4) is 0 Å². The average Bonchev–Trinajstić information content (AvgIpc) is 2.74. The predicted octanol–water partition coefficient (Wildman–Crippen LogP) is 2.34. The molecule has 4 nitrogen and oxygen atoms in total. The first-order valence-electron chi connectivity index (χ1n) is 6.64. The van der Waals surface area contributed by atoms with Crippen LogP contribution in [0.15, 0.2) is 0 Å². The van der Waals surface area contributed by atoms with Crippen LogP contribution in [-0.2, 0) is 11.2 Å². The Hall–Kier alpha value is -0.650. The Kier molecular flexibility index (Phi) is 4.59. The highest BCUT2D eigenvalue weighted by atomic mass is 32.1. The van der Waals surface area contributed by atoms with Gasteiger partial charge in [-0.25, -0.2) is 4.98 Å². The normalized spacial score (nSPS) is 19.1. The van der Waals surface area contributed by atoms with E-state index in [0.717, 1.165) is 37.5 Å². The summed E-state index contributed by atoms with van der Waals surface area (Å²) in [5.41, 5.74) is 7.38. The molecule has 0 saturated carbocycles. The molecule has 0 bridgehead atoms. The number of anilines is 1. The van der Waals surface area contributed by atoms with E-state index < -0.39 is 0 Å². The lowest BCUT2D eigenvalue weighted by Gasteiger charge is -2.25. The van der Waals surface area contributed by atoms with E-state index >= 15 is 0 Å². The second kappa shape index (κ2) is 5.99. The van der Waals surface area contributed by atoms with E-state index in [1.165, 1.54) is 10.6 Å². The summed E-state index contributed by atoms with van der Waals surface area (Å²) < 4.78 is 5.18. The van der Waals surface area contributed by atoms with Gasteiger partial charge in [0.1, 0.15) is 0 Å². The molecule has 1 atom stereocenters. The van der Waals surface area contributed by atoms with Crippen molar-refractivity contribution >= 4 is 16.5 Å². The summed E-state index contributed by atoms with van der Waals surface area (Å²) in [4.78, 5) is 8.38. The van der Waals surface area contributed by atoms with Crippen LogP contribution in [0.4, 0.5) is 5.13 Å². The van der Waals surface area contributed by atoms with E-state index in [1.807, 2.05) is 0 Å². The first-order chi connectivity index (χ1) is 8.63. The minimum Gasteiger partial charge on any atom is -0.383 e. The summed E-state index contributed by atoms with van der Waals surface area (Å²) in [6.07, 6.45) is 3.33. The molecule has 1 aromatic rings. The zero-order valence-corrected chi connectivity index (χ0v) is 12.3. The van der Waals surface area contributed by atoms with Gasteiger partial charge in [0.15, 0.2) is 5.13 Å². The number of ether oxygens (including phenoxy) is 1. The third-order valence-electron chi connectivity index (χ3n) is 3.39. The number of methoxy groups -OCH3 is 1. The topological polar surface area (TPSA) is 51.4 Å². The average molecular weight is 269 g/mol. The van der Waals surface area contributed by atoms with Crippen molar-refractivity contribution in [2.24, 2.45) is 5.73 Å². The molecule has 1 aliphatic rings. The summed E-state index contributed by atoms with van der Waals surface area (Å²) >= 11 is 1.76. The molecule has 0 radical (unpaired) electrons. The number of nitrogens with two attached hydrogens (primary N) is 1. The van der Waals surface area contributed by atoms with Gasteiger partial charge in [-0.1, -0.05) is 11.3 Å². The number of hydrogen-bond acceptors (Lipinski definition) is 5. The highest BCUT2D eigenvalue weighted by Gasteiger charge is 2.24. The van der Waals surface area contributed by atoms with Gasteiger partial charge in [0, 0.05) is 30.6 Å². The molecule has 0 spiro atoms. The highest BCUT2D eigenvalue weighted by molar-refractivity contribution is 7.15. The van der Waals surface area contributed by atoms with Crippen LogP contribution in [0.1, 0.15) is 43.3 Å². The van der Waals surface area contributed by atoms with Crippen molar-refractivity contribution in [1.82, 2.24) is 4.98 Å². The number of hydrogen-bond donors (Lipinski definition) is 1. The number of thiazole rings is 1. The fourth-order valence-electron chi connectivity index (χ4n) is 2.33. The molecule has 2 N–H and O–H groups in total. The SMILES string of the molecule is COCCN(c1nc2c(s1)C(N)CCC2)C(C)C. The van der Waals surface area contributed by atoms with Gasteiger partial charge < -0.3 is 15.4 Å². The molecule has 0 aliphatic heterocycles. The number of aromatic nitrogens is 1. The number of aryl methyl sites for hydroxylation is 1. The number of rotatable bonds is 5. The Morgan fingerprint density at radius 2 is 2.33 bits per heavy atom. The maximum absolute atomic E-state index is 6.16. The number of fused-ring (bicyclic) bond motifs is 1. The van der Waals surface area contributed by atoms with E-state index in [2.05, 4.69) is 18.7 Å². The second-order valence-corrected chi connectivity index (χ2v) is 6.10. The standard InChI is InChI=1S/C13H23N3OS/c1-9(2)16(7-8-17-3)13-15-11-6-4-5-10(14)12(11)18-13/h9-10H,4-8,14H2,1-3H3. The lowest BCUT2D eigenvalue weighted by atomic mass is 9.99. The maximum Gasteiger partial charge on any atom is 0.186 e. The summed E-state index contributed by atoms with van der Waals surface area (Å²) in [5, 5.41) is 1.10. The van der Waals surface area contributed by atoms with Crippen LogP contribution >= 0.6 is 11.3 Å². The zero-order chi connectivity index (χ0) is 13.1. The molecular weight excluding hydrogens is 246 g/mol. The first kappa shape index (κ1) is 13.8. The van der Waals surface area contributed by atoms with Crippen LogP contribution in [0.5, 0.6) is 0 Å². The minimum absolute atomic E-state index is 0.191. The quantitative estimate of drug-likeness (QED) is 0.891. The van der Waals surface area contributed by atoms with Gasteiger partial charge in [-0.05, 0) is 33.1 Å². The first-order valence-corrected chi connectivity index (χ1v) is 7.46. The molecule has 1 aliphatic carbocycles. The fourth-order valence-corrected chi connectivity index (χ4v) is 3.63. The molecular formula is C13H23N3OS. The Balaban J connectivity index is 2.20. The Labute approximate surface area is 113 Å². The fraction of sp³-hybridized carbons (Fsp3) is 0.769. The molecule has 1 unspecified atom stereocenters. The third-order valence-corrected chi connectivity index (χ3v) is 4.65. The van der Waals surface area contributed by atoms with Gasteiger partial charge >= 0.3 is 0 Å². The third kappa shape index (κ3) is 2.84. The van der Waals surface area contributed by atoms with E-state index in [9.17, 15) is 0 Å². The van der Waals surface area contributed by atoms with Crippen molar-refractivity contribution in [2.45, 2.75) is 45.2 Å². The number of nitrogens with zero attached hydrogens (tertiary/aromatic N) is 2. The van der Waals surface area contributed by atoms with E-state index in [4.69, 9.17) is 15.5 Å². The van der Waals surface area contributed by atoms with E-state index in [0.29, 0.717) is 6.04 Å². The van der Waals surface area contributed by atoms with Crippen molar-refractivity contribution < 1.29 is 4.74 Å². The lowest BCUT2D eigenvalue weighted by molar-refractivity contribution is 0.204. The highest BCUT2D eigenvalue weighted by Crippen LogP contribution is 2.36. The molecule has 1 aromatic heterocycles. The summed E-state index contributed by atoms with van der Waals surface area (Å²) in [6.45, 7) is 6.00. The molecule has 18 heavy (non-hydrogen) atoms. The Morgan fingerprint density at radius 1 is 1.56 bits per heavy atom. The minimum atomic E-state index is 0.191. The van der Waals surface area contributed by atoms with Gasteiger partial charge in [0.05, 0.1) is 12.3 Å². The van der Waals surface area contributed by atoms with Crippen molar-refractivity contribution in [1.29, 1.82) is 0 Å². The summed E-state index contributed by atoms with van der Waals surface area (Å²) in [5.74, 6) is 0. The largest absolute Gasteiger partial charge is 0.383 e. The Bertz CT molecular complexity index is 392. The molecule has 0 fully saturated rings. The lowest BCUT2D eigenvalue weighted by Crippen LogP contribution is -2.33. The van der Waals surface area contributed by atoms with Gasteiger partial charge in [-0.3, -0.25) is 0 Å². The van der Waals surface area contributed by atoms with Gasteiger partial charge in [-0.15, -0.1) is 0 Å². The van der Waals surface area contributed by atoms with E-state index in [-0.39, 0.29) is 6.04 Å². The van der Waals surface area contributed by atoms with Crippen molar-refractivity contribution in [3.63, 3.8) is 0 Å². The smallest absolute Gasteiger partial charge is 0.186 e. The predicted molar refractivity (Wildman–Crippen MR) is 76.3 cm³/mol. The van der Waals surface area contributed by atoms with Crippen LogP contribution in [0.25, 0.3) is 0 Å². The van der Waals surface area contributed by atoms with Crippen LogP contribution in [-0.4, -0.2) is 31.3 Å². The van der Waals surface area contributed by atoms with Crippen molar-refractivity contribution in [3.05, 3.63) is 10.6 Å². The second-order valence-electron chi connectivity index (χ2n) is 5.09. The summed E-state index contributed by atoms with van der Waals surface area (Å²) in [6, 6.07) is 0.625.